The molecule has 0 heterocycles. The number of rotatable bonds is 3. The summed E-state index contributed by atoms with van der Waals surface area (Å²) in [6, 6.07) is 0. The lowest BCUT2D eigenvalue weighted by atomic mass is 10.4. The monoisotopic (exact) mass is 164 g/mol. The summed E-state index contributed by atoms with van der Waals surface area (Å²) in [5.74, 6) is 0.880. The van der Waals surface area contributed by atoms with Crippen LogP contribution in [0.25, 0.3) is 0 Å². The molecule has 0 aliphatic rings. The molecule has 0 unspecified atom stereocenters. The molecular formula is C10H16N2. The lowest BCUT2D eigenvalue weighted by Gasteiger charge is -2.13. The van der Waals surface area contributed by atoms with Crippen molar-refractivity contribution in [1.82, 2.24) is 4.90 Å². The third-order valence-electron chi connectivity index (χ3n) is 1.32. The Morgan fingerprint density at radius 3 is 2.33 bits per heavy atom. The highest BCUT2D eigenvalue weighted by Crippen LogP contribution is 1.96. The van der Waals surface area contributed by atoms with Crippen LogP contribution >= 0.6 is 0 Å². The fourth-order valence-corrected chi connectivity index (χ4v) is 0.816. The number of allylic oxidation sites excluding steroid dienone is 2. The van der Waals surface area contributed by atoms with Gasteiger partial charge in [-0.15, -0.1) is 0 Å². The molecule has 0 aromatic rings. The second-order valence-electron chi connectivity index (χ2n) is 2.15. The van der Waals surface area contributed by atoms with Gasteiger partial charge in [0.2, 0.25) is 0 Å². The number of amidine groups is 1. The smallest absolute Gasteiger partial charge is 0.130 e. The Labute approximate surface area is 74.6 Å². The molecule has 0 saturated carbocycles. The maximum atomic E-state index is 4.10. The van der Waals surface area contributed by atoms with E-state index < -0.39 is 0 Å². The van der Waals surface area contributed by atoms with E-state index in [1.807, 2.05) is 43.2 Å². The third-order valence-corrected chi connectivity index (χ3v) is 1.32. The molecule has 0 saturated heterocycles. The van der Waals surface area contributed by atoms with Crippen LogP contribution in [0.15, 0.2) is 42.2 Å². The lowest BCUT2D eigenvalue weighted by molar-refractivity contribution is 0.762. The van der Waals surface area contributed by atoms with Crippen molar-refractivity contribution in [3.8, 4) is 0 Å². The average Bonchev–Trinajstić information content (AvgIpc) is 2.11. The first kappa shape index (κ1) is 10.7. The van der Waals surface area contributed by atoms with Crippen LogP contribution in [0.2, 0.25) is 0 Å². The Morgan fingerprint density at radius 2 is 2.00 bits per heavy atom. The van der Waals surface area contributed by atoms with E-state index in [1.165, 1.54) is 0 Å². The molecule has 0 radical (unpaired) electrons. The third kappa shape index (κ3) is 3.19. The van der Waals surface area contributed by atoms with Gasteiger partial charge in [-0.05, 0) is 19.9 Å². The molecule has 0 N–H and O–H groups in total. The van der Waals surface area contributed by atoms with Crippen LogP contribution in [-0.4, -0.2) is 17.8 Å². The normalized spacial score (nSPS) is 12.8. The van der Waals surface area contributed by atoms with Crippen molar-refractivity contribution in [2.24, 2.45) is 4.99 Å². The molecule has 0 aliphatic heterocycles. The first-order valence-electron chi connectivity index (χ1n) is 3.93. The molecule has 0 amide bonds. The van der Waals surface area contributed by atoms with Gasteiger partial charge >= 0.3 is 0 Å². The first-order valence-corrected chi connectivity index (χ1v) is 3.93. The Hall–Kier alpha value is -1.31. The van der Waals surface area contributed by atoms with Gasteiger partial charge in [0.25, 0.3) is 0 Å². The summed E-state index contributed by atoms with van der Waals surface area (Å²) < 4.78 is 0. The van der Waals surface area contributed by atoms with Gasteiger partial charge in [-0.2, -0.15) is 0 Å². The SMILES string of the molecule is C=CN(/C=C\C)C(/C=C\C)=NC. The van der Waals surface area contributed by atoms with Gasteiger partial charge in [0.15, 0.2) is 0 Å². The number of nitrogens with zero attached hydrogens (tertiary/aromatic N) is 2. The summed E-state index contributed by atoms with van der Waals surface area (Å²) >= 11 is 0. The minimum atomic E-state index is 0.880. The van der Waals surface area contributed by atoms with Gasteiger partial charge in [0.1, 0.15) is 5.84 Å². The highest BCUT2D eigenvalue weighted by Gasteiger charge is 1.96. The van der Waals surface area contributed by atoms with Crippen LogP contribution in [0.3, 0.4) is 0 Å². The van der Waals surface area contributed by atoms with E-state index >= 15 is 0 Å². The largest absolute Gasteiger partial charge is 0.310 e. The molecule has 2 heteroatoms. The summed E-state index contributed by atoms with van der Waals surface area (Å²) in [6.45, 7) is 7.61. The van der Waals surface area contributed by atoms with Crippen LogP contribution in [0, 0.1) is 0 Å². The van der Waals surface area contributed by atoms with E-state index in [0.29, 0.717) is 0 Å². The Morgan fingerprint density at radius 1 is 1.33 bits per heavy atom. The average molecular weight is 164 g/mol. The van der Waals surface area contributed by atoms with E-state index in [9.17, 15) is 0 Å². The molecule has 0 spiro atoms. The predicted molar refractivity (Wildman–Crippen MR) is 55.0 cm³/mol. The maximum absolute atomic E-state index is 4.10. The van der Waals surface area contributed by atoms with Crippen molar-refractivity contribution in [2.75, 3.05) is 7.05 Å². The second kappa shape index (κ2) is 6.40. The van der Waals surface area contributed by atoms with Gasteiger partial charge in [0.05, 0.1) is 0 Å². The second-order valence-corrected chi connectivity index (χ2v) is 2.15. The standard InChI is InChI=1S/C10H16N2/c1-5-8-10(11-4)12(7-3)9-6-2/h5-9H,3H2,1-2,4H3/b8-5-,9-6-,11-10?. The zero-order valence-electron chi connectivity index (χ0n) is 7.99. The van der Waals surface area contributed by atoms with Gasteiger partial charge in [-0.1, -0.05) is 18.7 Å². The first-order chi connectivity index (χ1) is 5.79. The van der Waals surface area contributed by atoms with Crippen molar-refractivity contribution in [3.05, 3.63) is 37.2 Å². The van der Waals surface area contributed by atoms with E-state index in [0.717, 1.165) is 5.84 Å². The topological polar surface area (TPSA) is 15.6 Å². The number of hydrogen-bond donors (Lipinski definition) is 0. The zero-order valence-corrected chi connectivity index (χ0v) is 7.99. The Bertz CT molecular complexity index is 212. The highest BCUT2D eigenvalue weighted by atomic mass is 15.1. The van der Waals surface area contributed by atoms with Crippen LogP contribution in [0.4, 0.5) is 0 Å². The summed E-state index contributed by atoms with van der Waals surface area (Å²) in [6.07, 6.45) is 9.46. The van der Waals surface area contributed by atoms with E-state index in [-0.39, 0.29) is 0 Å². The molecule has 0 aromatic carbocycles. The molecule has 12 heavy (non-hydrogen) atoms. The van der Waals surface area contributed by atoms with Gasteiger partial charge in [0, 0.05) is 19.4 Å². The summed E-state index contributed by atoms with van der Waals surface area (Å²) in [5, 5.41) is 0. The molecule has 0 rings (SSSR count). The summed E-state index contributed by atoms with van der Waals surface area (Å²) in [4.78, 5) is 5.96. The van der Waals surface area contributed by atoms with Crippen molar-refractivity contribution in [2.45, 2.75) is 13.8 Å². The molecule has 0 aromatic heterocycles. The molecule has 0 bridgehead atoms. The summed E-state index contributed by atoms with van der Waals surface area (Å²) in [7, 11) is 1.76. The van der Waals surface area contributed by atoms with Gasteiger partial charge in [-0.25, -0.2) is 0 Å². The predicted octanol–water partition coefficient (Wildman–Crippen LogP) is 2.57. The number of aliphatic imine (C=N–C) groups is 1. The molecule has 66 valence electrons. The molecule has 0 fully saturated rings. The van der Waals surface area contributed by atoms with Gasteiger partial charge < -0.3 is 4.90 Å². The Kier molecular flexibility index (Phi) is 5.70. The van der Waals surface area contributed by atoms with Gasteiger partial charge in [-0.3, -0.25) is 4.99 Å². The lowest BCUT2D eigenvalue weighted by Crippen LogP contribution is -2.16. The van der Waals surface area contributed by atoms with E-state index in [1.54, 1.807) is 13.2 Å². The zero-order chi connectivity index (χ0) is 9.40. The fourth-order valence-electron chi connectivity index (χ4n) is 0.816. The quantitative estimate of drug-likeness (QED) is 0.462. The fraction of sp³-hybridized carbons (Fsp3) is 0.300. The van der Waals surface area contributed by atoms with Crippen molar-refractivity contribution >= 4 is 5.84 Å². The summed E-state index contributed by atoms with van der Waals surface area (Å²) in [5.41, 5.74) is 0. The van der Waals surface area contributed by atoms with E-state index in [2.05, 4.69) is 11.6 Å². The molecule has 0 atom stereocenters. The molecule has 2 nitrogen and oxygen atoms in total. The van der Waals surface area contributed by atoms with Crippen molar-refractivity contribution in [3.63, 3.8) is 0 Å². The minimum absolute atomic E-state index is 0.880. The van der Waals surface area contributed by atoms with Crippen molar-refractivity contribution in [1.29, 1.82) is 0 Å². The molecule has 0 aliphatic carbocycles. The maximum Gasteiger partial charge on any atom is 0.130 e. The van der Waals surface area contributed by atoms with Crippen LogP contribution < -0.4 is 0 Å². The minimum Gasteiger partial charge on any atom is -0.310 e. The molecular weight excluding hydrogens is 148 g/mol. The highest BCUT2D eigenvalue weighted by molar-refractivity contribution is 5.94. The Balaban J connectivity index is 4.56. The van der Waals surface area contributed by atoms with Crippen LogP contribution in [0.1, 0.15) is 13.8 Å². The van der Waals surface area contributed by atoms with E-state index in [4.69, 9.17) is 0 Å². The van der Waals surface area contributed by atoms with Crippen LogP contribution in [-0.2, 0) is 0 Å². The van der Waals surface area contributed by atoms with Crippen LogP contribution in [0.5, 0.6) is 0 Å². The van der Waals surface area contributed by atoms with Crippen molar-refractivity contribution < 1.29 is 0 Å². The number of hydrogen-bond acceptors (Lipinski definition) is 1.